The van der Waals surface area contributed by atoms with Gasteiger partial charge in [0.1, 0.15) is 0 Å². The minimum Gasteiger partial charge on any atom is -0.355 e. The standard InChI is InChI=1S/C17H22N4O2/c1-13-4-5-15(10-14(13)2)17(23)20-11-16(22)19-6-3-8-21-9-7-18-12-21/h4-5,7,9-10,12H,3,6,8,11H2,1-2H3,(H,19,22)(H,20,23). The number of aryl methyl sites for hydroxylation is 3. The molecule has 2 N–H and O–H groups in total. The molecule has 0 saturated heterocycles. The van der Waals surface area contributed by atoms with Gasteiger partial charge in [-0.25, -0.2) is 4.98 Å². The van der Waals surface area contributed by atoms with Gasteiger partial charge in [0.2, 0.25) is 5.91 Å². The van der Waals surface area contributed by atoms with Crippen molar-refractivity contribution in [2.45, 2.75) is 26.8 Å². The number of aromatic nitrogens is 2. The monoisotopic (exact) mass is 314 g/mol. The average Bonchev–Trinajstić information content (AvgIpc) is 3.05. The van der Waals surface area contributed by atoms with Crippen LogP contribution in [0.2, 0.25) is 0 Å². The molecule has 2 aromatic rings. The number of benzene rings is 1. The Labute approximate surface area is 135 Å². The molecular weight excluding hydrogens is 292 g/mol. The summed E-state index contributed by atoms with van der Waals surface area (Å²) in [6.45, 7) is 5.30. The number of hydrogen-bond acceptors (Lipinski definition) is 3. The topological polar surface area (TPSA) is 76.0 Å². The predicted octanol–water partition coefficient (Wildman–Crippen LogP) is 1.44. The van der Waals surface area contributed by atoms with Gasteiger partial charge >= 0.3 is 0 Å². The molecule has 0 atom stereocenters. The molecule has 0 unspecified atom stereocenters. The van der Waals surface area contributed by atoms with Gasteiger partial charge < -0.3 is 15.2 Å². The van der Waals surface area contributed by atoms with Crippen LogP contribution < -0.4 is 10.6 Å². The fraction of sp³-hybridized carbons (Fsp3) is 0.353. The van der Waals surface area contributed by atoms with Gasteiger partial charge in [0.05, 0.1) is 12.9 Å². The first-order valence-corrected chi connectivity index (χ1v) is 7.64. The molecule has 1 heterocycles. The minimum atomic E-state index is -0.235. The minimum absolute atomic E-state index is 0.0170. The maximum absolute atomic E-state index is 12.0. The van der Waals surface area contributed by atoms with E-state index in [0.29, 0.717) is 12.1 Å². The molecule has 1 aromatic heterocycles. The molecule has 2 amide bonds. The van der Waals surface area contributed by atoms with Crippen LogP contribution in [0.5, 0.6) is 0 Å². The second-order valence-corrected chi connectivity index (χ2v) is 5.49. The second kappa shape index (κ2) is 8.12. The Morgan fingerprint density at radius 2 is 2.00 bits per heavy atom. The van der Waals surface area contributed by atoms with Gasteiger partial charge in [-0.05, 0) is 43.5 Å². The molecule has 6 nitrogen and oxygen atoms in total. The van der Waals surface area contributed by atoms with E-state index < -0.39 is 0 Å². The zero-order chi connectivity index (χ0) is 16.7. The number of nitrogens with one attached hydrogen (secondary N) is 2. The molecule has 23 heavy (non-hydrogen) atoms. The summed E-state index contributed by atoms with van der Waals surface area (Å²) >= 11 is 0. The Hall–Kier alpha value is -2.63. The normalized spacial score (nSPS) is 10.3. The largest absolute Gasteiger partial charge is 0.355 e. The molecular formula is C17H22N4O2. The van der Waals surface area contributed by atoms with Crippen molar-refractivity contribution in [2.75, 3.05) is 13.1 Å². The van der Waals surface area contributed by atoms with Gasteiger partial charge in [0.25, 0.3) is 5.91 Å². The summed E-state index contributed by atoms with van der Waals surface area (Å²) in [7, 11) is 0. The number of rotatable bonds is 7. The zero-order valence-corrected chi connectivity index (χ0v) is 13.5. The Balaban J connectivity index is 1.67. The number of carbonyl (C=O) groups is 2. The van der Waals surface area contributed by atoms with Crippen molar-refractivity contribution < 1.29 is 9.59 Å². The number of amides is 2. The number of nitrogens with zero attached hydrogens (tertiary/aromatic N) is 2. The highest BCUT2D eigenvalue weighted by atomic mass is 16.2. The summed E-state index contributed by atoms with van der Waals surface area (Å²) in [5, 5.41) is 5.42. The molecule has 6 heteroatoms. The Morgan fingerprint density at radius 3 is 2.70 bits per heavy atom. The maximum atomic E-state index is 12.0. The fourth-order valence-electron chi connectivity index (χ4n) is 2.12. The lowest BCUT2D eigenvalue weighted by atomic mass is 10.1. The predicted molar refractivity (Wildman–Crippen MR) is 88.1 cm³/mol. The molecule has 0 aliphatic heterocycles. The van der Waals surface area contributed by atoms with Gasteiger partial charge in [0.15, 0.2) is 0 Å². The van der Waals surface area contributed by atoms with Crippen LogP contribution in [0.25, 0.3) is 0 Å². The molecule has 0 radical (unpaired) electrons. The van der Waals surface area contributed by atoms with E-state index in [1.807, 2.05) is 36.7 Å². The Morgan fingerprint density at radius 1 is 1.17 bits per heavy atom. The lowest BCUT2D eigenvalue weighted by molar-refractivity contribution is -0.120. The van der Waals surface area contributed by atoms with Crippen LogP contribution in [0.4, 0.5) is 0 Å². The average molecular weight is 314 g/mol. The lowest BCUT2D eigenvalue weighted by Crippen LogP contribution is -2.37. The van der Waals surface area contributed by atoms with Crippen LogP contribution in [-0.4, -0.2) is 34.5 Å². The molecule has 0 aliphatic carbocycles. The fourth-order valence-corrected chi connectivity index (χ4v) is 2.12. The van der Waals surface area contributed by atoms with Crippen molar-refractivity contribution in [2.24, 2.45) is 0 Å². The zero-order valence-electron chi connectivity index (χ0n) is 13.5. The first kappa shape index (κ1) is 16.7. The molecule has 0 saturated carbocycles. The van der Waals surface area contributed by atoms with Gasteiger partial charge in [-0.2, -0.15) is 0 Å². The van der Waals surface area contributed by atoms with E-state index in [9.17, 15) is 9.59 Å². The van der Waals surface area contributed by atoms with E-state index in [-0.39, 0.29) is 18.4 Å². The first-order chi connectivity index (χ1) is 11.1. The maximum Gasteiger partial charge on any atom is 0.251 e. The van der Waals surface area contributed by atoms with Crippen molar-refractivity contribution >= 4 is 11.8 Å². The van der Waals surface area contributed by atoms with E-state index in [1.54, 1.807) is 18.6 Å². The van der Waals surface area contributed by atoms with E-state index in [0.717, 1.165) is 24.1 Å². The molecule has 2 rings (SSSR count). The third-order valence-electron chi connectivity index (χ3n) is 3.65. The summed E-state index contributed by atoms with van der Waals surface area (Å²) in [6, 6.07) is 5.49. The summed E-state index contributed by atoms with van der Waals surface area (Å²) < 4.78 is 1.95. The van der Waals surface area contributed by atoms with Crippen molar-refractivity contribution in [1.82, 2.24) is 20.2 Å². The van der Waals surface area contributed by atoms with Crippen LogP contribution in [0.3, 0.4) is 0 Å². The summed E-state index contributed by atoms with van der Waals surface area (Å²) in [6.07, 6.45) is 6.16. The molecule has 0 spiro atoms. The molecule has 0 fully saturated rings. The van der Waals surface area contributed by atoms with E-state index in [2.05, 4.69) is 15.6 Å². The first-order valence-electron chi connectivity index (χ1n) is 7.64. The summed E-state index contributed by atoms with van der Waals surface area (Å²) in [5.41, 5.74) is 2.76. The smallest absolute Gasteiger partial charge is 0.251 e. The third-order valence-corrected chi connectivity index (χ3v) is 3.65. The molecule has 0 aliphatic rings. The van der Waals surface area contributed by atoms with Crippen molar-refractivity contribution in [3.8, 4) is 0 Å². The quantitative estimate of drug-likeness (QED) is 0.759. The van der Waals surface area contributed by atoms with Crippen LogP contribution in [0.15, 0.2) is 36.9 Å². The SMILES string of the molecule is Cc1ccc(C(=O)NCC(=O)NCCCn2ccnc2)cc1C. The summed E-state index contributed by atoms with van der Waals surface area (Å²) in [4.78, 5) is 27.7. The molecule has 122 valence electrons. The van der Waals surface area contributed by atoms with Crippen molar-refractivity contribution in [1.29, 1.82) is 0 Å². The Bertz CT molecular complexity index is 665. The summed E-state index contributed by atoms with van der Waals surface area (Å²) in [5.74, 6) is -0.422. The lowest BCUT2D eigenvalue weighted by Gasteiger charge is -2.08. The van der Waals surface area contributed by atoms with Gasteiger partial charge in [-0.3, -0.25) is 9.59 Å². The van der Waals surface area contributed by atoms with Gasteiger partial charge in [0, 0.05) is 31.0 Å². The Kier molecular flexibility index (Phi) is 5.91. The van der Waals surface area contributed by atoms with E-state index >= 15 is 0 Å². The van der Waals surface area contributed by atoms with E-state index in [1.165, 1.54) is 0 Å². The second-order valence-electron chi connectivity index (χ2n) is 5.49. The van der Waals surface area contributed by atoms with Crippen LogP contribution >= 0.6 is 0 Å². The van der Waals surface area contributed by atoms with E-state index in [4.69, 9.17) is 0 Å². The number of hydrogen-bond donors (Lipinski definition) is 2. The van der Waals surface area contributed by atoms with Crippen molar-refractivity contribution in [3.63, 3.8) is 0 Å². The molecule has 1 aromatic carbocycles. The van der Waals surface area contributed by atoms with Crippen LogP contribution in [0.1, 0.15) is 27.9 Å². The number of imidazole rings is 1. The van der Waals surface area contributed by atoms with Crippen LogP contribution in [-0.2, 0) is 11.3 Å². The number of carbonyl (C=O) groups excluding carboxylic acids is 2. The van der Waals surface area contributed by atoms with Gasteiger partial charge in [-0.1, -0.05) is 6.07 Å². The van der Waals surface area contributed by atoms with Gasteiger partial charge in [-0.15, -0.1) is 0 Å². The highest BCUT2D eigenvalue weighted by Crippen LogP contribution is 2.09. The molecule has 0 bridgehead atoms. The highest BCUT2D eigenvalue weighted by molar-refractivity contribution is 5.96. The highest BCUT2D eigenvalue weighted by Gasteiger charge is 2.08. The van der Waals surface area contributed by atoms with Crippen LogP contribution in [0, 0.1) is 13.8 Å². The third kappa shape index (κ3) is 5.25. The van der Waals surface area contributed by atoms with Crippen molar-refractivity contribution in [3.05, 3.63) is 53.6 Å².